The third kappa shape index (κ3) is 2.54. The zero-order valence-electron chi connectivity index (χ0n) is 9.75. The highest BCUT2D eigenvalue weighted by molar-refractivity contribution is 4.88. The predicted molar refractivity (Wildman–Crippen MR) is 63.0 cm³/mol. The number of nitrogens with one attached hydrogen (secondary N) is 1. The maximum absolute atomic E-state index is 3.73. The molecule has 2 heteroatoms. The third-order valence-electron chi connectivity index (χ3n) is 4.51. The molecule has 0 amide bonds. The second-order valence-corrected chi connectivity index (χ2v) is 5.75. The quantitative estimate of drug-likeness (QED) is 0.760. The van der Waals surface area contributed by atoms with Crippen molar-refractivity contribution in [3.05, 3.63) is 0 Å². The van der Waals surface area contributed by atoms with Crippen molar-refractivity contribution in [2.24, 2.45) is 5.92 Å². The van der Waals surface area contributed by atoms with Crippen molar-refractivity contribution < 1.29 is 0 Å². The van der Waals surface area contributed by atoms with Gasteiger partial charge in [-0.25, -0.2) is 0 Å². The van der Waals surface area contributed by atoms with E-state index in [1.807, 2.05) is 0 Å². The first-order valence-electron chi connectivity index (χ1n) is 6.89. The molecular weight excluding hydrogens is 184 g/mol. The minimum Gasteiger partial charge on any atom is -0.314 e. The number of rotatable bonds is 4. The topological polar surface area (TPSA) is 15.3 Å². The standard InChI is InChI=1S/C13H24N2/c1-2-12(3-1)14-10-11-6-8-15(9-7-11)13-4-5-13/h11-14H,1-10H2. The van der Waals surface area contributed by atoms with Crippen molar-refractivity contribution in [1.82, 2.24) is 10.2 Å². The van der Waals surface area contributed by atoms with Crippen LogP contribution in [0.2, 0.25) is 0 Å². The molecule has 1 aliphatic heterocycles. The summed E-state index contributed by atoms with van der Waals surface area (Å²) in [5.41, 5.74) is 0. The Bertz CT molecular complexity index is 201. The first kappa shape index (κ1) is 10.1. The average molecular weight is 208 g/mol. The normalized spacial score (nSPS) is 30.4. The van der Waals surface area contributed by atoms with Crippen LogP contribution in [0.3, 0.4) is 0 Å². The zero-order valence-corrected chi connectivity index (χ0v) is 9.75. The molecule has 0 spiro atoms. The number of likely N-dealkylation sites (tertiary alicyclic amines) is 1. The van der Waals surface area contributed by atoms with E-state index in [0.717, 1.165) is 18.0 Å². The van der Waals surface area contributed by atoms with E-state index in [2.05, 4.69) is 10.2 Å². The Hall–Kier alpha value is -0.0800. The Morgan fingerprint density at radius 1 is 0.933 bits per heavy atom. The van der Waals surface area contributed by atoms with Crippen molar-refractivity contribution in [2.75, 3.05) is 19.6 Å². The minimum absolute atomic E-state index is 0.881. The molecule has 0 bridgehead atoms. The summed E-state index contributed by atoms with van der Waals surface area (Å²) in [6.45, 7) is 4.05. The van der Waals surface area contributed by atoms with Crippen LogP contribution in [0.4, 0.5) is 0 Å². The Balaban J connectivity index is 1.33. The van der Waals surface area contributed by atoms with E-state index < -0.39 is 0 Å². The molecule has 2 aliphatic carbocycles. The van der Waals surface area contributed by atoms with Gasteiger partial charge in [0.15, 0.2) is 0 Å². The van der Waals surface area contributed by atoms with Gasteiger partial charge in [0, 0.05) is 12.1 Å². The predicted octanol–water partition coefficient (Wildman–Crippen LogP) is 2.00. The fraction of sp³-hybridized carbons (Fsp3) is 1.00. The molecule has 3 aliphatic rings. The van der Waals surface area contributed by atoms with Gasteiger partial charge in [-0.2, -0.15) is 0 Å². The Morgan fingerprint density at radius 3 is 2.20 bits per heavy atom. The number of nitrogens with zero attached hydrogens (tertiary/aromatic N) is 1. The summed E-state index contributed by atoms with van der Waals surface area (Å²) in [5, 5.41) is 3.73. The molecule has 0 radical (unpaired) electrons. The van der Waals surface area contributed by atoms with Crippen LogP contribution >= 0.6 is 0 Å². The Kier molecular flexibility index (Phi) is 2.98. The lowest BCUT2D eigenvalue weighted by Gasteiger charge is -2.34. The van der Waals surface area contributed by atoms with Gasteiger partial charge in [-0.15, -0.1) is 0 Å². The molecule has 0 unspecified atom stereocenters. The van der Waals surface area contributed by atoms with E-state index in [4.69, 9.17) is 0 Å². The highest BCUT2D eigenvalue weighted by Gasteiger charge is 2.31. The first-order valence-corrected chi connectivity index (χ1v) is 6.89. The van der Waals surface area contributed by atoms with Crippen molar-refractivity contribution in [2.45, 2.75) is 57.0 Å². The smallest absolute Gasteiger partial charge is 0.00964 e. The molecule has 3 rings (SSSR count). The highest BCUT2D eigenvalue weighted by atomic mass is 15.2. The van der Waals surface area contributed by atoms with E-state index in [0.29, 0.717) is 0 Å². The lowest BCUT2D eigenvalue weighted by molar-refractivity contribution is 0.168. The fourth-order valence-electron chi connectivity index (χ4n) is 2.91. The molecule has 15 heavy (non-hydrogen) atoms. The second-order valence-electron chi connectivity index (χ2n) is 5.75. The second kappa shape index (κ2) is 4.42. The fourth-order valence-corrected chi connectivity index (χ4v) is 2.91. The summed E-state index contributed by atoms with van der Waals surface area (Å²) >= 11 is 0. The molecule has 0 atom stereocenters. The summed E-state index contributed by atoms with van der Waals surface area (Å²) < 4.78 is 0. The maximum Gasteiger partial charge on any atom is 0.00964 e. The van der Waals surface area contributed by atoms with Crippen LogP contribution in [0, 0.1) is 5.92 Å². The van der Waals surface area contributed by atoms with Gasteiger partial charge < -0.3 is 10.2 Å². The van der Waals surface area contributed by atoms with Crippen LogP contribution in [-0.4, -0.2) is 36.6 Å². The lowest BCUT2D eigenvalue weighted by atomic mass is 9.91. The van der Waals surface area contributed by atoms with E-state index >= 15 is 0 Å². The molecule has 3 fully saturated rings. The van der Waals surface area contributed by atoms with Gasteiger partial charge in [-0.05, 0) is 64.1 Å². The van der Waals surface area contributed by atoms with E-state index in [1.54, 1.807) is 0 Å². The summed E-state index contributed by atoms with van der Waals surface area (Å²) in [4.78, 5) is 2.72. The van der Waals surface area contributed by atoms with Crippen molar-refractivity contribution in [3.8, 4) is 0 Å². The summed E-state index contributed by atoms with van der Waals surface area (Å²) in [5.74, 6) is 0.973. The minimum atomic E-state index is 0.881. The molecule has 1 saturated heterocycles. The van der Waals surface area contributed by atoms with Crippen LogP contribution in [0.5, 0.6) is 0 Å². The van der Waals surface area contributed by atoms with Gasteiger partial charge in [-0.1, -0.05) is 6.42 Å². The SMILES string of the molecule is C1CC(NCC2CCN(C3CC3)CC2)C1. The molecule has 86 valence electrons. The summed E-state index contributed by atoms with van der Waals surface area (Å²) in [6.07, 6.45) is 10.2. The van der Waals surface area contributed by atoms with Crippen molar-refractivity contribution in [1.29, 1.82) is 0 Å². The van der Waals surface area contributed by atoms with Gasteiger partial charge in [0.25, 0.3) is 0 Å². The molecule has 2 saturated carbocycles. The zero-order chi connectivity index (χ0) is 10.1. The largest absolute Gasteiger partial charge is 0.314 e. The maximum atomic E-state index is 3.73. The number of hydrogen-bond acceptors (Lipinski definition) is 2. The molecule has 0 aromatic carbocycles. The van der Waals surface area contributed by atoms with E-state index in [9.17, 15) is 0 Å². The summed E-state index contributed by atoms with van der Waals surface area (Å²) in [7, 11) is 0. The molecule has 0 aromatic heterocycles. The van der Waals surface area contributed by atoms with Crippen molar-refractivity contribution >= 4 is 0 Å². The molecular formula is C13H24N2. The Labute approximate surface area is 93.4 Å². The van der Waals surface area contributed by atoms with Crippen LogP contribution < -0.4 is 5.32 Å². The van der Waals surface area contributed by atoms with E-state index in [1.165, 1.54) is 64.6 Å². The number of hydrogen-bond donors (Lipinski definition) is 1. The summed E-state index contributed by atoms with van der Waals surface area (Å²) in [6, 6.07) is 1.87. The monoisotopic (exact) mass is 208 g/mol. The first-order chi connectivity index (χ1) is 7.42. The van der Waals surface area contributed by atoms with Gasteiger partial charge in [0.1, 0.15) is 0 Å². The van der Waals surface area contributed by atoms with Gasteiger partial charge >= 0.3 is 0 Å². The molecule has 2 nitrogen and oxygen atoms in total. The molecule has 0 aromatic rings. The van der Waals surface area contributed by atoms with Crippen LogP contribution in [-0.2, 0) is 0 Å². The Morgan fingerprint density at radius 2 is 1.67 bits per heavy atom. The van der Waals surface area contributed by atoms with Gasteiger partial charge in [0.2, 0.25) is 0 Å². The van der Waals surface area contributed by atoms with E-state index in [-0.39, 0.29) is 0 Å². The van der Waals surface area contributed by atoms with Crippen LogP contribution in [0.1, 0.15) is 44.9 Å². The van der Waals surface area contributed by atoms with Gasteiger partial charge in [0.05, 0.1) is 0 Å². The molecule has 1 N–H and O–H groups in total. The molecule has 1 heterocycles. The lowest BCUT2D eigenvalue weighted by Crippen LogP contribution is -2.42. The van der Waals surface area contributed by atoms with Crippen molar-refractivity contribution in [3.63, 3.8) is 0 Å². The average Bonchev–Trinajstić information content (AvgIpc) is 3.00. The third-order valence-corrected chi connectivity index (χ3v) is 4.51. The van der Waals surface area contributed by atoms with Gasteiger partial charge in [-0.3, -0.25) is 0 Å². The highest BCUT2D eigenvalue weighted by Crippen LogP contribution is 2.30. The van der Waals surface area contributed by atoms with Crippen LogP contribution in [0.25, 0.3) is 0 Å². The van der Waals surface area contributed by atoms with Crippen LogP contribution in [0.15, 0.2) is 0 Å². The number of piperidine rings is 1.